The molecular weight excluding hydrogens is 1690 g/mol. The summed E-state index contributed by atoms with van der Waals surface area (Å²) in [5.74, 6) is -1.56. The number of nitrogens with zero attached hydrogens (tertiary/aromatic N) is 9. The number of fused-ring (bicyclic) bond motifs is 2. The van der Waals surface area contributed by atoms with Crippen LogP contribution in [-0.4, -0.2) is 239 Å². The van der Waals surface area contributed by atoms with Gasteiger partial charge in [-0.05, 0) is 163 Å². The van der Waals surface area contributed by atoms with Crippen LogP contribution in [-0.2, 0) is 87.4 Å². The second-order valence-corrected chi connectivity index (χ2v) is 30.0. The number of rotatable bonds is 58. The number of azide groups is 2. The van der Waals surface area contributed by atoms with Crippen molar-refractivity contribution in [2.45, 2.75) is 122 Å². The molecule has 130 heavy (non-hydrogen) atoms. The summed E-state index contributed by atoms with van der Waals surface area (Å²) >= 11 is 0. The number of aliphatic carboxylic acids is 1. The molecule has 8 aromatic rings. The summed E-state index contributed by atoms with van der Waals surface area (Å²) in [5, 5.41) is 25.7. The Kier molecular flexibility index (Phi) is 54.2. The number of esters is 1. The van der Waals surface area contributed by atoms with Crippen molar-refractivity contribution in [2.75, 3.05) is 164 Å². The number of halogens is 3. The zero-order valence-corrected chi connectivity index (χ0v) is 74.8. The van der Waals surface area contributed by atoms with E-state index in [9.17, 15) is 51.8 Å². The Balaban J connectivity index is 0.000000508. The van der Waals surface area contributed by atoms with Gasteiger partial charge in [-0.3, -0.25) is 43.4 Å². The number of unbranched alkanes of at least 4 members (excludes halogenated alkanes) is 1. The fourth-order valence-electron chi connectivity index (χ4n) is 12.8. The summed E-state index contributed by atoms with van der Waals surface area (Å²) in [6, 6.07) is 46.8. The number of carboxylic acids is 1. The van der Waals surface area contributed by atoms with Gasteiger partial charge in [0.15, 0.2) is 11.6 Å². The van der Waals surface area contributed by atoms with Gasteiger partial charge < -0.3 is 78.1 Å². The second kappa shape index (κ2) is 63.5. The minimum Gasteiger partial charge on any atom is -0.870 e. The summed E-state index contributed by atoms with van der Waals surface area (Å²) in [4.78, 5) is 113. The van der Waals surface area contributed by atoms with Crippen molar-refractivity contribution in [3.8, 4) is 33.8 Å². The first kappa shape index (κ1) is 111. The SMILES string of the molecule is COC(=O)C[C@H](CC(=O)CNC(=O)CCCN(C(=O)OC(C)(C)C)c1cc(C)ccn1)c1ccc(-c2cccc3c(OCCOCCOCCOCCOCCN=[N+]=[N-])cccc23)cc1.Cc1ccnc(CCCCC(=O)NCC(=O)C[C@@H](CC(=O)O)c2ccc(-c3cccc4c(OCCOCCOCCOCCOCCN=[N+]=[N-])cccc34)cc2)c1.O=CC(F)(F)F.[Li+].[OH-]. The molecule has 0 aliphatic heterocycles. The van der Waals surface area contributed by atoms with E-state index < -0.39 is 47.9 Å². The number of amides is 3. The molecule has 698 valence electrons. The van der Waals surface area contributed by atoms with Crippen LogP contribution in [0.25, 0.3) is 64.7 Å². The quantitative estimate of drug-likeness (QED) is 0.00606. The number of hydrogen-bond donors (Lipinski definition) is 3. The van der Waals surface area contributed by atoms with Crippen LogP contribution in [0.3, 0.4) is 0 Å². The number of carbonyl (C=O) groups excluding carboxylic acids is 7. The molecule has 4 N–H and O–H groups in total. The third-order valence-corrected chi connectivity index (χ3v) is 18.9. The number of alkyl halides is 3. The minimum absolute atomic E-state index is 0. The molecule has 0 aliphatic carbocycles. The van der Waals surface area contributed by atoms with E-state index in [1.165, 1.54) is 12.0 Å². The molecule has 2 heterocycles. The maximum absolute atomic E-state index is 13.2. The average Bonchev–Trinajstić information content (AvgIpc) is 0.790. The molecule has 6 aromatic carbocycles. The molecule has 37 heteroatoms. The maximum Gasteiger partial charge on any atom is 1.00 e. The standard InChI is InChI=1S/C48H62N6O11.C43H53N5O9.C2HF3O.Li.H2O/c1-35-18-19-50-44(31-35)54(47(58)65-48(2,3)4)21-8-13-45(56)51-34-39(55)32-38(33-46(57)59-5)36-14-16-37(17-15-36)40-9-6-11-42-41(40)10-7-12-43(42)64-30-29-63-28-27-62-26-25-61-24-23-60-22-20-52-53-49;1-32-16-17-45-36(28-32)6-2-3-11-42(50)46-31-37(49)29-35(30-43(51)52)33-12-14-34(15-13-33)38-7-4-9-40-39(38)8-5-10-41(40)57-27-26-56-25-24-55-23-22-54-21-20-53-19-18-47-48-44;3-2(4,5)1-6;;/h6-7,9-12,14-19,31,38H,8,13,20-30,32-34H2,1-5H3,(H,51,56);4-5,7-10,12-17,28,35H,2-3,6,11,18-27,29-31H2,1H3,(H,46,50)(H,51,52);1H;;1H2/q;;;+1;/p-1/t38-;35-;;;/m00.../s1. The number of carboxylic acid groups (broad SMARTS) is 1. The number of methoxy groups -OCH3 is 1. The molecule has 0 saturated heterocycles. The molecule has 3 amide bonds. The van der Waals surface area contributed by atoms with Crippen LogP contribution >= 0.6 is 0 Å². The van der Waals surface area contributed by atoms with Crippen molar-refractivity contribution >= 4 is 75.1 Å². The number of carbonyl (C=O) groups is 8. The van der Waals surface area contributed by atoms with Crippen molar-refractivity contribution in [3.05, 3.63) is 207 Å². The second-order valence-electron chi connectivity index (χ2n) is 30.0. The van der Waals surface area contributed by atoms with Gasteiger partial charge in [-0.25, -0.2) is 9.78 Å². The van der Waals surface area contributed by atoms with E-state index in [-0.39, 0.29) is 99.5 Å². The first-order valence-corrected chi connectivity index (χ1v) is 42.1. The number of aldehydes is 1. The van der Waals surface area contributed by atoms with E-state index in [1.807, 2.05) is 153 Å². The predicted molar refractivity (Wildman–Crippen MR) is 476 cm³/mol. The Labute approximate surface area is 766 Å². The number of benzene rings is 6. The molecule has 0 aliphatic rings. The molecule has 0 radical (unpaired) electrons. The van der Waals surface area contributed by atoms with Crippen LogP contribution in [0.5, 0.6) is 11.5 Å². The molecule has 2 atom stereocenters. The van der Waals surface area contributed by atoms with Crippen LogP contribution < -0.4 is 43.9 Å². The molecule has 2 aromatic heterocycles. The Morgan fingerprint density at radius 1 is 0.508 bits per heavy atom. The van der Waals surface area contributed by atoms with E-state index in [0.29, 0.717) is 157 Å². The number of nitrogens with one attached hydrogen (secondary N) is 2. The fraction of sp³-hybridized carbons (Fsp3) is 0.462. The number of aromatic nitrogens is 2. The van der Waals surface area contributed by atoms with Crippen LogP contribution in [0.2, 0.25) is 0 Å². The number of hydrogen-bond acceptors (Lipinski definition) is 25. The van der Waals surface area contributed by atoms with Gasteiger partial charge in [0.05, 0.1) is 139 Å². The zero-order valence-electron chi connectivity index (χ0n) is 74.8. The first-order chi connectivity index (χ1) is 61.8. The van der Waals surface area contributed by atoms with Crippen molar-refractivity contribution < 1.29 is 138 Å². The van der Waals surface area contributed by atoms with Crippen LogP contribution in [0.1, 0.15) is 118 Å². The van der Waals surface area contributed by atoms with Crippen LogP contribution in [0, 0.1) is 13.8 Å². The minimum atomic E-state index is -4.64. The summed E-state index contributed by atoms with van der Waals surface area (Å²) in [7, 11) is 1.31. The van der Waals surface area contributed by atoms with E-state index in [4.69, 9.17) is 72.7 Å². The first-order valence-electron chi connectivity index (χ1n) is 42.1. The summed E-state index contributed by atoms with van der Waals surface area (Å²) in [6.07, 6.45) is -0.0876. The molecule has 0 saturated carbocycles. The maximum atomic E-state index is 13.2. The summed E-state index contributed by atoms with van der Waals surface area (Å²) in [6.45, 7) is 17.1. The van der Waals surface area contributed by atoms with E-state index >= 15 is 0 Å². The molecule has 8 rings (SSSR count). The van der Waals surface area contributed by atoms with Gasteiger partial charge in [0, 0.05) is 95.8 Å². The van der Waals surface area contributed by atoms with Gasteiger partial charge in [-0.2, -0.15) is 13.2 Å². The predicted octanol–water partition coefficient (Wildman–Crippen LogP) is 12.5. The molecule has 33 nitrogen and oxygen atoms in total. The molecular formula is C93H117F3LiN11O22. The smallest absolute Gasteiger partial charge is 0.870 e. The average molecular weight is 1800 g/mol. The molecule has 0 fully saturated rings. The number of pyridine rings is 2. The molecule has 0 unspecified atom stereocenters. The van der Waals surface area contributed by atoms with Crippen molar-refractivity contribution in [2.24, 2.45) is 10.2 Å². The van der Waals surface area contributed by atoms with Gasteiger partial charge in [0.25, 0.3) is 0 Å². The van der Waals surface area contributed by atoms with Gasteiger partial charge in [-0.15, -0.1) is 0 Å². The Morgan fingerprint density at radius 3 is 1.30 bits per heavy atom. The van der Waals surface area contributed by atoms with Crippen LogP contribution in [0.15, 0.2) is 168 Å². The van der Waals surface area contributed by atoms with Crippen LogP contribution in [0.4, 0.5) is 23.8 Å². The third-order valence-electron chi connectivity index (χ3n) is 18.9. The number of aryl methyl sites for hydroxylation is 3. The van der Waals surface area contributed by atoms with Crippen molar-refractivity contribution in [1.29, 1.82) is 0 Å². The normalized spacial score (nSPS) is 11.4. The summed E-state index contributed by atoms with van der Waals surface area (Å²) < 4.78 is 97.8. The van der Waals surface area contributed by atoms with Gasteiger partial charge in [0.2, 0.25) is 18.1 Å². The largest absolute Gasteiger partial charge is 1.00 e. The van der Waals surface area contributed by atoms with E-state index in [0.717, 1.165) is 96.1 Å². The van der Waals surface area contributed by atoms with E-state index in [2.05, 4.69) is 40.7 Å². The Bertz CT molecular complexity index is 4850. The van der Waals surface area contributed by atoms with Gasteiger partial charge >= 0.3 is 43.1 Å². The topological polar surface area (TPSA) is 448 Å². The third kappa shape index (κ3) is 45.2. The number of ketones is 2. The Morgan fingerprint density at radius 2 is 0.900 bits per heavy atom. The number of Topliss-reactive ketones (excluding diaryl/α,β-unsaturated/α-hetero) is 2. The zero-order chi connectivity index (χ0) is 92.6. The molecule has 0 spiro atoms. The van der Waals surface area contributed by atoms with Crippen molar-refractivity contribution in [3.63, 3.8) is 0 Å². The summed E-state index contributed by atoms with van der Waals surface area (Å²) in [5.41, 5.74) is 24.2. The van der Waals surface area contributed by atoms with Crippen molar-refractivity contribution in [1.82, 2.24) is 20.6 Å². The fourth-order valence-corrected chi connectivity index (χ4v) is 12.8. The number of anilines is 1. The Hall–Kier alpha value is -11.5. The monoisotopic (exact) mass is 1800 g/mol. The van der Waals surface area contributed by atoms with Gasteiger partial charge in [-0.1, -0.05) is 119 Å². The number of ether oxygens (including phenoxy) is 12. The molecule has 0 bridgehead atoms. The van der Waals surface area contributed by atoms with Gasteiger partial charge in [0.1, 0.15) is 36.1 Å². The van der Waals surface area contributed by atoms with E-state index in [1.54, 1.807) is 39.2 Å².